The molecule has 3 aliphatic heterocycles. The van der Waals surface area contributed by atoms with Gasteiger partial charge in [0.1, 0.15) is 5.75 Å². The molecule has 3 aliphatic rings. The number of hydrogen-bond donors (Lipinski definition) is 1. The fourth-order valence-corrected chi connectivity index (χ4v) is 5.17. The fourth-order valence-electron chi connectivity index (χ4n) is 5.17. The third kappa shape index (κ3) is 5.70. The summed E-state index contributed by atoms with van der Waals surface area (Å²) < 4.78 is 10.9. The molecule has 0 unspecified atom stereocenters. The molecule has 186 valence electrons. The Bertz CT molecular complexity index is 891. The van der Waals surface area contributed by atoms with Crippen molar-refractivity contribution in [3.05, 3.63) is 23.8 Å². The summed E-state index contributed by atoms with van der Waals surface area (Å²) in [7, 11) is 3.33. The maximum absolute atomic E-state index is 13.2. The Morgan fingerprint density at radius 1 is 1.03 bits per heavy atom. The molecule has 9 nitrogen and oxygen atoms in total. The molecule has 0 radical (unpaired) electrons. The van der Waals surface area contributed by atoms with Gasteiger partial charge in [-0.2, -0.15) is 0 Å². The van der Waals surface area contributed by atoms with Crippen molar-refractivity contribution in [1.82, 2.24) is 15.1 Å². The Labute approximate surface area is 201 Å². The first-order valence-corrected chi connectivity index (χ1v) is 12.3. The van der Waals surface area contributed by atoms with Crippen LogP contribution in [0.5, 0.6) is 5.75 Å². The van der Waals surface area contributed by atoms with Gasteiger partial charge in [-0.3, -0.25) is 19.8 Å². The molecule has 1 aromatic rings. The summed E-state index contributed by atoms with van der Waals surface area (Å²) in [6, 6.07) is 4.66. The van der Waals surface area contributed by atoms with E-state index >= 15 is 0 Å². The van der Waals surface area contributed by atoms with Crippen molar-refractivity contribution in [2.75, 3.05) is 58.4 Å². The summed E-state index contributed by atoms with van der Waals surface area (Å²) >= 11 is 0. The first-order valence-electron chi connectivity index (χ1n) is 12.3. The Balaban J connectivity index is 1.31. The normalized spacial score (nSPS) is 21.0. The second-order valence-electron chi connectivity index (χ2n) is 9.44. The lowest BCUT2D eigenvalue weighted by molar-refractivity contribution is -0.120. The quantitative estimate of drug-likeness (QED) is 0.656. The molecule has 3 saturated heterocycles. The van der Waals surface area contributed by atoms with Crippen molar-refractivity contribution in [1.29, 1.82) is 0 Å². The van der Waals surface area contributed by atoms with Crippen molar-refractivity contribution >= 4 is 23.5 Å². The number of nitrogens with one attached hydrogen (secondary N) is 1. The van der Waals surface area contributed by atoms with Gasteiger partial charge in [0.05, 0.1) is 18.9 Å². The lowest BCUT2D eigenvalue weighted by Gasteiger charge is -2.35. The lowest BCUT2D eigenvalue weighted by atomic mass is 9.92. The number of nitrogens with zero attached hydrogens (tertiary/aromatic N) is 3. The molecule has 4 rings (SSSR count). The van der Waals surface area contributed by atoms with E-state index in [1.54, 1.807) is 25.3 Å². The largest absolute Gasteiger partial charge is 0.495 e. The number of carbonyl (C=O) groups excluding carboxylic acids is 3. The van der Waals surface area contributed by atoms with Crippen molar-refractivity contribution in [3.63, 3.8) is 0 Å². The second-order valence-corrected chi connectivity index (χ2v) is 9.44. The van der Waals surface area contributed by atoms with Crippen LogP contribution in [0.1, 0.15) is 48.9 Å². The number of rotatable bonds is 7. The Morgan fingerprint density at radius 3 is 2.41 bits per heavy atom. The number of ether oxygens (including phenoxy) is 2. The van der Waals surface area contributed by atoms with E-state index in [0.717, 1.165) is 58.4 Å². The van der Waals surface area contributed by atoms with Gasteiger partial charge >= 0.3 is 6.03 Å². The molecular formula is C25H36N4O5. The maximum atomic E-state index is 13.2. The molecule has 34 heavy (non-hydrogen) atoms. The summed E-state index contributed by atoms with van der Waals surface area (Å²) in [5, 5.41) is 2.32. The van der Waals surface area contributed by atoms with Gasteiger partial charge in [-0.05, 0) is 62.8 Å². The zero-order valence-electron chi connectivity index (χ0n) is 20.3. The molecule has 3 heterocycles. The van der Waals surface area contributed by atoms with Crippen LogP contribution < -0.4 is 15.0 Å². The summed E-state index contributed by atoms with van der Waals surface area (Å²) in [6.45, 7) is 5.09. The molecular weight excluding hydrogens is 436 g/mol. The van der Waals surface area contributed by atoms with E-state index in [-0.39, 0.29) is 24.8 Å². The number of piperidine rings is 2. The van der Waals surface area contributed by atoms with Crippen LogP contribution in [0, 0.1) is 5.92 Å². The number of carbonyl (C=O) groups is 3. The SMILES string of the molecule is COc1ccc(C(=O)N2CCC(CCN3CCC(OC)CC3)CC2)cc1N1CCC(=O)NC1=O. The van der Waals surface area contributed by atoms with E-state index < -0.39 is 6.03 Å². The van der Waals surface area contributed by atoms with E-state index in [9.17, 15) is 14.4 Å². The molecule has 0 atom stereocenters. The molecule has 0 saturated carbocycles. The van der Waals surface area contributed by atoms with Crippen LogP contribution >= 0.6 is 0 Å². The predicted octanol–water partition coefficient (Wildman–Crippen LogP) is 2.49. The number of imide groups is 1. The predicted molar refractivity (Wildman–Crippen MR) is 128 cm³/mol. The number of methoxy groups -OCH3 is 2. The molecule has 0 aliphatic carbocycles. The van der Waals surface area contributed by atoms with Crippen LogP contribution in [0.3, 0.4) is 0 Å². The number of urea groups is 1. The standard InChI is InChI=1S/C25H36N4O5/c1-33-20-8-12-27(13-9-20)11-5-18-6-14-28(15-7-18)24(31)19-3-4-22(34-2)21(17-19)29-16-10-23(30)26-25(29)32/h3-4,17-18,20H,5-16H2,1-2H3,(H,26,30,32). The molecule has 9 heteroatoms. The van der Waals surface area contributed by atoms with E-state index in [4.69, 9.17) is 9.47 Å². The van der Waals surface area contributed by atoms with E-state index in [0.29, 0.717) is 29.0 Å². The fraction of sp³-hybridized carbons (Fsp3) is 0.640. The van der Waals surface area contributed by atoms with Gasteiger partial charge in [0.2, 0.25) is 5.91 Å². The summed E-state index contributed by atoms with van der Waals surface area (Å²) in [4.78, 5) is 43.0. The third-order valence-corrected chi connectivity index (χ3v) is 7.39. The highest BCUT2D eigenvalue weighted by Gasteiger charge is 2.29. The summed E-state index contributed by atoms with van der Waals surface area (Å²) in [5.74, 6) is 0.812. The van der Waals surface area contributed by atoms with Crippen molar-refractivity contribution in [3.8, 4) is 5.75 Å². The number of likely N-dealkylation sites (tertiary alicyclic amines) is 2. The average Bonchev–Trinajstić information content (AvgIpc) is 2.87. The highest BCUT2D eigenvalue weighted by molar-refractivity contribution is 6.07. The van der Waals surface area contributed by atoms with Crippen LogP contribution in [0.4, 0.5) is 10.5 Å². The van der Waals surface area contributed by atoms with Crippen molar-refractivity contribution < 1.29 is 23.9 Å². The number of hydrogen-bond acceptors (Lipinski definition) is 6. The third-order valence-electron chi connectivity index (χ3n) is 7.39. The first kappa shape index (κ1) is 24.5. The van der Waals surface area contributed by atoms with Gasteiger partial charge in [0, 0.05) is 51.8 Å². The minimum atomic E-state index is -0.494. The number of amides is 4. The highest BCUT2D eigenvalue weighted by Crippen LogP contribution is 2.32. The van der Waals surface area contributed by atoms with Crippen molar-refractivity contribution in [2.45, 2.75) is 44.6 Å². The van der Waals surface area contributed by atoms with E-state index in [1.807, 2.05) is 4.90 Å². The number of benzene rings is 1. The molecule has 3 fully saturated rings. The van der Waals surface area contributed by atoms with Gasteiger partial charge in [-0.1, -0.05) is 0 Å². The molecule has 1 N–H and O–H groups in total. The Hall–Kier alpha value is -2.65. The minimum absolute atomic E-state index is 0.0301. The molecule has 4 amide bonds. The average molecular weight is 473 g/mol. The Morgan fingerprint density at radius 2 is 1.76 bits per heavy atom. The highest BCUT2D eigenvalue weighted by atomic mass is 16.5. The zero-order valence-corrected chi connectivity index (χ0v) is 20.3. The molecule has 1 aromatic carbocycles. The van der Waals surface area contributed by atoms with Gasteiger partial charge in [0.25, 0.3) is 5.91 Å². The summed E-state index contributed by atoms with van der Waals surface area (Å²) in [6.07, 6.45) is 6.06. The first-order chi connectivity index (χ1) is 16.5. The topological polar surface area (TPSA) is 91.4 Å². The van der Waals surface area contributed by atoms with Gasteiger partial charge in [-0.15, -0.1) is 0 Å². The maximum Gasteiger partial charge on any atom is 0.328 e. The van der Waals surface area contributed by atoms with Crippen LogP contribution in [-0.4, -0.2) is 87.2 Å². The molecule has 0 aromatic heterocycles. The lowest BCUT2D eigenvalue weighted by Crippen LogP contribution is -2.49. The van der Waals surface area contributed by atoms with Crippen molar-refractivity contribution in [2.24, 2.45) is 5.92 Å². The second kappa shape index (κ2) is 11.2. The van der Waals surface area contributed by atoms with E-state index in [2.05, 4.69) is 10.2 Å². The summed E-state index contributed by atoms with van der Waals surface area (Å²) in [5.41, 5.74) is 1.03. The smallest absolute Gasteiger partial charge is 0.328 e. The van der Waals surface area contributed by atoms with Gasteiger partial charge < -0.3 is 19.3 Å². The van der Waals surface area contributed by atoms with Gasteiger partial charge in [-0.25, -0.2) is 4.79 Å². The monoisotopic (exact) mass is 472 g/mol. The minimum Gasteiger partial charge on any atom is -0.495 e. The van der Waals surface area contributed by atoms with Crippen LogP contribution in [-0.2, 0) is 9.53 Å². The zero-order chi connectivity index (χ0) is 24.1. The Kier molecular flexibility index (Phi) is 8.05. The van der Waals surface area contributed by atoms with Crippen LogP contribution in [0.15, 0.2) is 18.2 Å². The van der Waals surface area contributed by atoms with Crippen LogP contribution in [0.25, 0.3) is 0 Å². The molecule has 0 spiro atoms. The van der Waals surface area contributed by atoms with Gasteiger partial charge in [0.15, 0.2) is 0 Å². The van der Waals surface area contributed by atoms with Crippen LogP contribution in [0.2, 0.25) is 0 Å². The molecule has 0 bridgehead atoms. The van der Waals surface area contributed by atoms with E-state index in [1.165, 1.54) is 18.4 Å². The number of anilines is 1.